The first-order valence-corrected chi connectivity index (χ1v) is 8.35. The lowest BCUT2D eigenvalue weighted by molar-refractivity contribution is 0.102. The summed E-state index contributed by atoms with van der Waals surface area (Å²) in [6, 6.07) is 12.4. The van der Waals surface area contributed by atoms with E-state index < -0.39 is 0 Å². The molecule has 138 valence electrons. The van der Waals surface area contributed by atoms with E-state index in [2.05, 4.69) is 20.6 Å². The van der Waals surface area contributed by atoms with Crippen molar-refractivity contribution in [2.45, 2.75) is 0 Å². The standard InChI is InChI=1S/C19H17ClN4O3/c1-26-16-8-7-12(9-13(16)20)23-18-11-21-15(10-22-18)19(25)24-14-5-3-4-6-17(14)27-2/h3-11H,1-2H3,(H,22,23)(H,24,25). The predicted molar refractivity (Wildman–Crippen MR) is 104 cm³/mol. The van der Waals surface area contributed by atoms with Gasteiger partial charge >= 0.3 is 0 Å². The molecule has 2 N–H and O–H groups in total. The molecule has 0 atom stereocenters. The monoisotopic (exact) mass is 384 g/mol. The summed E-state index contributed by atoms with van der Waals surface area (Å²) in [5.41, 5.74) is 1.46. The summed E-state index contributed by atoms with van der Waals surface area (Å²) < 4.78 is 10.3. The molecule has 1 aromatic heterocycles. The first kappa shape index (κ1) is 18.5. The molecule has 0 aliphatic heterocycles. The van der Waals surface area contributed by atoms with Crippen LogP contribution >= 0.6 is 11.6 Å². The summed E-state index contributed by atoms with van der Waals surface area (Å²) in [6.07, 6.45) is 2.85. The van der Waals surface area contributed by atoms with Gasteiger partial charge in [-0.1, -0.05) is 23.7 Å². The highest BCUT2D eigenvalue weighted by molar-refractivity contribution is 6.32. The predicted octanol–water partition coefficient (Wildman–Crippen LogP) is 4.14. The maximum Gasteiger partial charge on any atom is 0.275 e. The van der Waals surface area contributed by atoms with E-state index >= 15 is 0 Å². The summed E-state index contributed by atoms with van der Waals surface area (Å²) in [6.45, 7) is 0. The van der Waals surface area contributed by atoms with Crippen LogP contribution in [0.15, 0.2) is 54.9 Å². The molecule has 8 heteroatoms. The number of amides is 1. The lowest BCUT2D eigenvalue weighted by Crippen LogP contribution is -2.14. The summed E-state index contributed by atoms with van der Waals surface area (Å²) in [7, 11) is 3.09. The van der Waals surface area contributed by atoms with Gasteiger partial charge in [-0.3, -0.25) is 4.79 Å². The second-order valence-electron chi connectivity index (χ2n) is 5.42. The molecule has 3 rings (SSSR count). The number of methoxy groups -OCH3 is 2. The van der Waals surface area contributed by atoms with Crippen molar-refractivity contribution in [1.82, 2.24) is 9.97 Å². The van der Waals surface area contributed by atoms with Gasteiger partial charge in [0, 0.05) is 5.69 Å². The van der Waals surface area contributed by atoms with E-state index in [1.807, 2.05) is 6.07 Å². The van der Waals surface area contributed by atoms with Gasteiger partial charge in [-0.05, 0) is 30.3 Å². The Morgan fingerprint density at radius 1 is 1.00 bits per heavy atom. The molecule has 0 bridgehead atoms. The van der Waals surface area contributed by atoms with Crippen molar-refractivity contribution in [1.29, 1.82) is 0 Å². The molecular weight excluding hydrogens is 368 g/mol. The Morgan fingerprint density at radius 3 is 2.44 bits per heavy atom. The van der Waals surface area contributed by atoms with Gasteiger partial charge in [0.05, 0.1) is 37.3 Å². The molecule has 0 fully saturated rings. The average Bonchev–Trinajstić information content (AvgIpc) is 2.69. The number of carbonyl (C=O) groups excluding carboxylic acids is 1. The number of benzene rings is 2. The minimum atomic E-state index is -0.383. The zero-order valence-electron chi connectivity index (χ0n) is 14.7. The molecule has 7 nitrogen and oxygen atoms in total. The third kappa shape index (κ3) is 4.45. The average molecular weight is 385 g/mol. The Morgan fingerprint density at radius 2 is 1.78 bits per heavy atom. The van der Waals surface area contributed by atoms with E-state index in [9.17, 15) is 4.79 Å². The van der Waals surface area contributed by atoms with Crippen LogP contribution < -0.4 is 20.1 Å². The Balaban J connectivity index is 1.69. The van der Waals surface area contributed by atoms with Crippen molar-refractivity contribution in [3.63, 3.8) is 0 Å². The summed E-state index contributed by atoms with van der Waals surface area (Å²) >= 11 is 6.10. The molecule has 0 aliphatic carbocycles. The van der Waals surface area contributed by atoms with Crippen LogP contribution in [0.2, 0.25) is 5.02 Å². The van der Waals surface area contributed by atoms with E-state index in [0.717, 1.165) is 5.69 Å². The quantitative estimate of drug-likeness (QED) is 0.664. The highest BCUT2D eigenvalue weighted by Crippen LogP contribution is 2.28. The van der Waals surface area contributed by atoms with Crippen molar-refractivity contribution in [2.24, 2.45) is 0 Å². The maximum atomic E-state index is 12.3. The fourth-order valence-corrected chi connectivity index (χ4v) is 2.59. The SMILES string of the molecule is COc1ccc(Nc2cnc(C(=O)Nc3ccccc3OC)cn2)cc1Cl. The number of hydrogen-bond donors (Lipinski definition) is 2. The molecule has 0 unspecified atom stereocenters. The number of ether oxygens (including phenoxy) is 2. The van der Waals surface area contributed by atoms with Crippen LogP contribution in [0.5, 0.6) is 11.5 Å². The lowest BCUT2D eigenvalue weighted by Gasteiger charge is -2.10. The number of hydrogen-bond acceptors (Lipinski definition) is 6. The molecule has 27 heavy (non-hydrogen) atoms. The molecule has 0 aliphatic rings. The van der Waals surface area contributed by atoms with Crippen LogP contribution in [0, 0.1) is 0 Å². The van der Waals surface area contributed by atoms with E-state index in [0.29, 0.717) is 28.0 Å². The first-order chi connectivity index (χ1) is 13.1. The molecule has 0 radical (unpaired) electrons. The third-order valence-electron chi connectivity index (χ3n) is 3.66. The van der Waals surface area contributed by atoms with Crippen LogP contribution in [0.1, 0.15) is 10.5 Å². The zero-order valence-corrected chi connectivity index (χ0v) is 15.4. The normalized spacial score (nSPS) is 10.2. The number of nitrogens with one attached hydrogen (secondary N) is 2. The minimum Gasteiger partial charge on any atom is -0.495 e. The van der Waals surface area contributed by atoms with Gasteiger partial charge in [-0.25, -0.2) is 9.97 Å². The Labute approximate surface area is 161 Å². The Hall–Kier alpha value is -3.32. The summed E-state index contributed by atoms with van der Waals surface area (Å²) in [5, 5.41) is 6.29. The molecule has 1 amide bonds. The number of halogens is 1. The minimum absolute atomic E-state index is 0.180. The van der Waals surface area contributed by atoms with Crippen molar-refractivity contribution in [3.8, 4) is 11.5 Å². The van der Waals surface area contributed by atoms with Gasteiger partial charge in [-0.2, -0.15) is 0 Å². The topological polar surface area (TPSA) is 85.4 Å². The number of anilines is 3. The van der Waals surface area contributed by atoms with Crippen LogP contribution in [-0.4, -0.2) is 30.1 Å². The van der Waals surface area contributed by atoms with Gasteiger partial charge in [-0.15, -0.1) is 0 Å². The molecule has 2 aromatic carbocycles. The molecule has 0 spiro atoms. The zero-order chi connectivity index (χ0) is 19.2. The summed E-state index contributed by atoms with van der Waals surface area (Å²) in [5.74, 6) is 1.24. The summed E-state index contributed by atoms with van der Waals surface area (Å²) in [4.78, 5) is 20.7. The van der Waals surface area contributed by atoms with Gasteiger partial charge in [0.25, 0.3) is 5.91 Å². The van der Waals surface area contributed by atoms with Crippen molar-refractivity contribution in [2.75, 3.05) is 24.9 Å². The van der Waals surface area contributed by atoms with Crippen LogP contribution in [-0.2, 0) is 0 Å². The maximum absolute atomic E-state index is 12.3. The van der Waals surface area contributed by atoms with Gasteiger partial charge < -0.3 is 20.1 Å². The van der Waals surface area contributed by atoms with E-state index in [4.69, 9.17) is 21.1 Å². The third-order valence-corrected chi connectivity index (χ3v) is 3.96. The molecule has 0 saturated carbocycles. The number of aromatic nitrogens is 2. The molecule has 1 heterocycles. The van der Waals surface area contributed by atoms with E-state index in [1.165, 1.54) is 19.5 Å². The van der Waals surface area contributed by atoms with E-state index in [1.54, 1.807) is 43.5 Å². The van der Waals surface area contributed by atoms with Gasteiger partial charge in [0.1, 0.15) is 23.0 Å². The Bertz CT molecular complexity index is 948. The van der Waals surface area contributed by atoms with E-state index in [-0.39, 0.29) is 11.6 Å². The fourth-order valence-electron chi connectivity index (χ4n) is 2.34. The highest BCUT2D eigenvalue weighted by atomic mass is 35.5. The van der Waals surface area contributed by atoms with Crippen LogP contribution in [0.3, 0.4) is 0 Å². The van der Waals surface area contributed by atoms with Crippen LogP contribution in [0.25, 0.3) is 0 Å². The Kier molecular flexibility index (Phi) is 5.73. The van der Waals surface area contributed by atoms with Crippen molar-refractivity contribution in [3.05, 3.63) is 65.6 Å². The van der Waals surface area contributed by atoms with Gasteiger partial charge in [0.2, 0.25) is 0 Å². The second-order valence-corrected chi connectivity index (χ2v) is 5.82. The number of para-hydroxylation sites is 2. The number of rotatable bonds is 6. The second kappa shape index (κ2) is 8.37. The number of nitrogens with zero attached hydrogens (tertiary/aromatic N) is 2. The fraction of sp³-hybridized carbons (Fsp3) is 0.105. The first-order valence-electron chi connectivity index (χ1n) is 7.97. The molecule has 0 saturated heterocycles. The van der Waals surface area contributed by atoms with Crippen molar-refractivity contribution < 1.29 is 14.3 Å². The number of carbonyl (C=O) groups is 1. The van der Waals surface area contributed by atoms with Crippen LogP contribution in [0.4, 0.5) is 17.2 Å². The molecular formula is C19H17ClN4O3. The lowest BCUT2D eigenvalue weighted by atomic mass is 10.3. The molecule has 3 aromatic rings. The largest absolute Gasteiger partial charge is 0.495 e. The smallest absolute Gasteiger partial charge is 0.275 e. The highest BCUT2D eigenvalue weighted by Gasteiger charge is 2.11. The van der Waals surface area contributed by atoms with Crippen molar-refractivity contribution >= 4 is 34.7 Å². The van der Waals surface area contributed by atoms with Gasteiger partial charge in [0.15, 0.2) is 0 Å².